The van der Waals surface area contributed by atoms with Gasteiger partial charge in [-0.15, -0.1) is 0 Å². The molecule has 0 nitrogen and oxygen atoms in total. The number of rotatable bonds is 12. The van der Waals surface area contributed by atoms with Crippen molar-refractivity contribution in [1.29, 1.82) is 0 Å². The molecule has 2 rings (SSSR count). The van der Waals surface area contributed by atoms with Crippen LogP contribution in [0.3, 0.4) is 0 Å². The quantitative estimate of drug-likeness (QED) is 0.162. The number of alkyl halides is 6. The summed E-state index contributed by atoms with van der Waals surface area (Å²) in [5.41, 5.74) is -0.725. The van der Waals surface area contributed by atoms with E-state index < -0.39 is 33.0 Å². The third kappa shape index (κ3) is 13.1. The van der Waals surface area contributed by atoms with Crippen LogP contribution in [0.15, 0.2) is 60.7 Å². The Morgan fingerprint density at radius 1 is 0.719 bits per heavy atom. The molecular formula is C25H33F6P. The van der Waals surface area contributed by atoms with Crippen LogP contribution in [-0.2, 0) is 0 Å². The molecule has 0 amide bonds. The molecule has 0 aromatic heterocycles. The summed E-state index contributed by atoms with van der Waals surface area (Å²) in [5.74, 6) is 0. The van der Waals surface area contributed by atoms with Crippen molar-refractivity contribution in [2.75, 3.05) is 6.16 Å². The van der Waals surface area contributed by atoms with Gasteiger partial charge in [0.2, 0.25) is 0 Å². The van der Waals surface area contributed by atoms with Crippen molar-refractivity contribution in [1.82, 2.24) is 0 Å². The Bertz CT molecular complexity index is 666. The molecule has 2 atom stereocenters. The first-order valence-corrected chi connectivity index (χ1v) is 12.3. The number of hydrogen-bond donors (Lipinski definition) is 0. The van der Waals surface area contributed by atoms with Crippen LogP contribution in [0.4, 0.5) is 26.3 Å². The minimum Gasteiger partial charge on any atom is -0.240 e. The van der Waals surface area contributed by atoms with E-state index in [1.807, 2.05) is 19.1 Å². The van der Waals surface area contributed by atoms with Crippen molar-refractivity contribution >= 4 is 8.58 Å². The molecule has 0 saturated carbocycles. The van der Waals surface area contributed by atoms with Gasteiger partial charge in [0.15, 0.2) is 6.17 Å². The maximum atomic E-state index is 13.4. The molecule has 0 aliphatic rings. The molecule has 7 heteroatoms. The van der Waals surface area contributed by atoms with Crippen LogP contribution < -0.4 is 0 Å². The molecule has 32 heavy (non-hydrogen) atoms. The van der Waals surface area contributed by atoms with Gasteiger partial charge in [0.05, 0.1) is 0 Å². The number of benzene rings is 2. The molecule has 0 bridgehead atoms. The van der Waals surface area contributed by atoms with E-state index in [0.717, 1.165) is 6.42 Å². The summed E-state index contributed by atoms with van der Waals surface area (Å²) >= 11 is 0. The van der Waals surface area contributed by atoms with Gasteiger partial charge in [-0.1, -0.05) is 93.3 Å². The minimum absolute atomic E-state index is 0.0188. The van der Waals surface area contributed by atoms with Crippen LogP contribution in [0.1, 0.15) is 58.3 Å². The fraction of sp³-hybridized carbons (Fsp3) is 0.520. The number of halogens is 6. The molecule has 0 spiro atoms. The fourth-order valence-corrected chi connectivity index (χ4v) is 4.22. The SMILES string of the molecule is CCCCPC(F)(F)C(F)CCCCCCC(F)(F)F.c1ccc(-c2ccccc2)cc1. The lowest BCUT2D eigenvalue weighted by atomic mass is 10.1. The summed E-state index contributed by atoms with van der Waals surface area (Å²) in [6.45, 7) is 1.89. The van der Waals surface area contributed by atoms with E-state index in [4.69, 9.17) is 0 Å². The van der Waals surface area contributed by atoms with Gasteiger partial charge in [-0.05, 0) is 45.1 Å². The second-order valence-electron chi connectivity index (χ2n) is 7.67. The molecular weight excluding hydrogens is 445 g/mol. The van der Waals surface area contributed by atoms with E-state index in [9.17, 15) is 26.3 Å². The Kier molecular flexibility index (Phi) is 13.6. The summed E-state index contributed by atoms with van der Waals surface area (Å²) in [4.78, 5) is 0. The molecule has 0 saturated heterocycles. The zero-order valence-electron chi connectivity index (χ0n) is 18.5. The molecule has 0 radical (unpaired) electrons. The molecule has 2 unspecified atom stereocenters. The first-order valence-electron chi connectivity index (χ1n) is 11.1. The standard InChI is InChI=1S/C13H23F6P.C12H10/c1-2-3-10-20-13(18,19)11(14)8-6-4-5-7-9-12(15,16)17;1-3-7-11(8-4-1)12-9-5-2-6-10-12/h11,20H,2-10H2,1H3;1-10H. The highest BCUT2D eigenvalue weighted by molar-refractivity contribution is 7.39. The largest absolute Gasteiger partial charge is 0.389 e. The molecule has 180 valence electrons. The zero-order chi connectivity index (χ0) is 23.9. The van der Waals surface area contributed by atoms with Crippen molar-refractivity contribution in [2.24, 2.45) is 0 Å². The molecule has 0 aliphatic heterocycles. The lowest BCUT2D eigenvalue weighted by Gasteiger charge is -2.20. The topological polar surface area (TPSA) is 0 Å². The Balaban J connectivity index is 0.000000357. The van der Waals surface area contributed by atoms with Gasteiger partial charge >= 0.3 is 6.18 Å². The first kappa shape index (κ1) is 28.5. The summed E-state index contributed by atoms with van der Waals surface area (Å²) in [7, 11) is -0.706. The zero-order valence-corrected chi connectivity index (χ0v) is 19.5. The van der Waals surface area contributed by atoms with Crippen LogP contribution in [0, 0.1) is 0 Å². The monoisotopic (exact) mass is 478 g/mol. The average molecular weight is 479 g/mol. The third-order valence-corrected chi connectivity index (χ3v) is 6.22. The van der Waals surface area contributed by atoms with Gasteiger partial charge in [0.1, 0.15) is 0 Å². The Labute approximate surface area is 189 Å². The van der Waals surface area contributed by atoms with Crippen LogP contribution in [-0.4, -0.2) is 24.2 Å². The molecule has 0 fully saturated rings. The molecule has 0 heterocycles. The average Bonchev–Trinajstić information content (AvgIpc) is 2.77. The van der Waals surface area contributed by atoms with Crippen molar-refractivity contribution in [3.05, 3.63) is 60.7 Å². The summed E-state index contributed by atoms with van der Waals surface area (Å²) in [6.07, 6.45) is -4.80. The number of hydrogen-bond acceptors (Lipinski definition) is 0. The first-order chi connectivity index (χ1) is 15.2. The number of unbranched alkanes of at least 4 members (excludes halogenated alkanes) is 4. The molecule has 2 aromatic carbocycles. The summed E-state index contributed by atoms with van der Waals surface area (Å²) in [6, 6.07) is 20.8. The Hall–Kier alpha value is -1.55. The highest BCUT2D eigenvalue weighted by atomic mass is 31.1. The maximum absolute atomic E-state index is 13.4. The Morgan fingerprint density at radius 3 is 1.69 bits per heavy atom. The van der Waals surface area contributed by atoms with Crippen molar-refractivity contribution in [3.8, 4) is 11.1 Å². The maximum Gasteiger partial charge on any atom is 0.389 e. The second-order valence-corrected chi connectivity index (χ2v) is 9.19. The normalized spacial score (nSPS) is 13.1. The predicted octanol–water partition coefficient (Wildman–Crippen LogP) is 9.65. The summed E-state index contributed by atoms with van der Waals surface area (Å²) in [5, 5.41) is 0. The highest BCUT2D eigenvalue weighted by Gasteiger charge is 2.38. The van der Waals surface area contributed by atoms with Gasteiger partial charge < -0.3 is 0 Å². The Morgan fingerprint density at radius 2 is 1.22 bits per heavy atom. The van der Waals surface area contributed by atoms with Gasteiger partial charge in [0.25, 0.3) is 5.66 Å². The van der Waals surface area contributed by atoms with Crippen LogP contribution >= 0.6 is 8.58 Å². The summed E-state index contributed by atoms with van der Waals surface area (Å²) < 4.78 is 75.6. The molecule has 2 aromatic rings. The lowest BCUT2D eigenvalue weighted by Crippen LogP contribution is -2.25. The van der Waals surface area contributed by atoms with Crippen LogP contribution in [0.5, 0.6) is 0 Å². The minimum atomic E-state index is -4.17. The highest BCUT2D eigenvalue weighted by Crippen LogP contribution is 2.42. The van der Waals surface area contributed by atoms with Crippen molar-refractivity contribution in [3.63, 3.8) is 0 Å². The van der Waals surface area contributed by atoms with Crippen molar-refractivity contribution < 1.29 is 26.3 Å². The van der Waals surface area contributed by atoms with Gasteiger partial charge in [-0.25, -0.2) is 4.39 Å². The molecule has 0 N–H and O–H groups in total. The lowest BCUT2D eigenvalue weighted by molar-refractivity contribution is -0.135. The van der Waals surface area contributed by atoms with Gasteiger partial charge in [0, 0.05) is 6.42 Å². The predicted molar refractivity (Wildman–Crippen MR) is 124 cm³/mol. The van der Waals surface area contributed by atoms with E-state index in [2.05, 4.69) is 48.5 Å². The van der Waals surface area contributed by atoms with Crippen LogP contribution in [0.25, 0.3) is 11.1 Å². The van der Waals surface area contributed by atoms with Crippen molar-refractivity contribution in [2.45, 2.75) is 76.3 Å². The van der Waals surface area contributed by atoms with E-state index in [1.165, 1.54) is 11.1 Å². The fourth-order valence-electron chi connectivity index (χ4n) is 2.99. The van der Waals surface area contributed by atoms with Gasteiger partial charge in [-0.3, -0.25) is 0 Å². The van der Waals surface area contributed by atoms with Gasteiger partial charge in [-0.2, -0.15) is 22.0 Å². The smallest absolute Gasteiger partial charge is 0.240 e. The van der Waals surface area contributed by atoms with E-state index >= 15 is 0 Å². The van der Waals surface area contributed by atoms with E-state index in [0.29, 0.717) is 25.4 Å². The molecule has 0 aliphatic carbocycles. The second kappa shape index (κ2) is 15.3. The third-order valence-electron chi connectivity index (χ3n) is 4.83. The van der Waals surface area contributed by atoms with Crippen LogP contribution in [0.2, 0.25) is 0 Å². The van der Waals surface area contributed by atoms with E-state index in [-0.39, 0.29) is 19.3 Å². The van der Waals surface area contributed by atoms with E-state index in [1.54, 1.807) is 0 Å².